The van der Waals surface area contributed by atoms with Gasteiger partial charge in [-0.05, 0) is 39.7 Å². The number of hydrogen-bond donors (Lipinski definition) is 2. The predicted molar refractivity (Wildman–Crippen MR) is 88.9 cm³/mol. The fourth-order valence-electron chi connectivity index (χ4n) is 2.53. The highest BCUT2D eigenvalue weighted by atomic mass is 15.2. The van der Waals surface area contributed by atoms with Crippen LogP contribution in [0.3, 0.4) is 0 Å². The molecular weight excluding hydrogens is 262 g/mol. The minimum absolute atomic E-state index is 0.518. The van der Waals surface area contributed by atoms with E-state index in [1.54, 1.807) is 6.33 Å². The van der Waals surface area contributed by atoms with Crippen molar-refractivity contribution in [3.63, 3.8) is 0 Å². The van der Waals surface area contributed by atoms with Crippen LogP contribution < -0.4 is 10.6 Å². The van der Waals surface area contributed by atoms with Crippen molar-refractivity contribution in [1.82, 2.24) is 14.9 Å². The van der Waals surface area contributed by atoms with Gasteiger partial charge in [-0.1, -0.05) is 13.8 Å². The molecular formula is C16H29N5. The van der Waals surface area contributed by atoms with Crippen molar-refractivity contribution < 1.29 is 0 Å². The van der Waals surface area contributed by atoms with E-state index in [4.69, 9.17) is 0 Å². The summed E-state index contributed by atoms with van der Waals surface area (Å²) in [4.78, 5) is 11.3. The Labute approximate surface area is 128 Å². The van der Waals surface area contributed by atoms with Crippen LogP contribution in [0, 0.1) is 0 Å². The minimum Gasteiger partial charge on any atom is -0.370 e. The third-order valence-corrected chi connectivity index (χ3v) is 4.22. The van der Waals surface area contributed by atoms with Crippen LogP contribution in [0.25, 0.3) is 0 Å². The highest BCUT2D eigenvalue weighted by Gasteiger charge is 2.29. The molecule has 0 amide bonds. The number of hydrogen-bond acceptors (Lipinski definition) is 5. The van der Waals surface area contributed by atoms with Gasteiger partial charge >= 0.3 is 0 Å². The number of nitrogens with one attached hydrogen (secondary N) is 2. The van der Waals surface area contributed by atoms with Gasteiger partial charge in [-0.15, -0.1) is 0 Å². The molecule has 1 aromatic heterocycles. The molecule has 0 saturated heterocycles. The Bertz CT molecular complexity index is 444. The van der Waals surface area contributed by atoms with Crippen molar-refractivity contribution >= 4 is 11.6 Å². The average molecular weight is 291 g/mol. The minimum atomic E-state index is 0.518. The zero-order valence-corrected chi connectivity index (χ0v) is 13.8. The number of aromatic nitrogens is 2. The molecule has 0 aromatic carbocycles. The normalized spacial score (nSPS) is 16.0. The summed E-state index contributed by atoms with van der Waals surface area (Å²) in [6, 6.07) is 1.31. The quantitative estimate of drug-likeness (QED) is 0.733. The van der Waals surface area contributed by atoms with Gasteiger partial charge in [0.25, 0.3) is 0 Å². The Morgan fingerprint density at radius 2 is 1.90 bits per heavy atom. The van der Waals surface area contributed by atoms with Gasteiger partial charge in [-0.3, -0.25) is 4.90 Å². The molecule has 118 valence electrons. The average Bonchev–Trinajstić information content (AvgIpc) is 3.34. The Morgan fingerprint density at radius 1 is 1.24 bits per heavy atom. The van der Waals surface area contributed by atoms with Crippen LogP contribution in [0.15, 0.2) is 6.33 Å². The van der Waals surface area contributed by atoms with Crippen molar-refractivity contribution in [2.75, 3.05) is 30.8 Å². The highest BCUT2D eigenvalue weighted by Crippen LogP contribution is 2.27. The lowest BCUT2D eigenvalue weighted by Gasteiger charge is -2.25. The van der Waals surface area contributed by atoms with Crippen LogP contribution in [-0.2, 0) is 6.42 Å². The monoisotopic (exact) mass is 291 g/mol. The van der Waals surface area contributed by atoms with E-state index in [9.17, 15) is 0 Å². The van der Waals surface area contributed by atoms with Crippen LogP contribution in [0.5, 0.6) is 0 Å². The van der Waals surface area contributed by atoms with E-state index < -0.39 is 0 Å². The highest BCUT2D eigenvalue weighted by molar-refractivity contribution is 5.57. The van der Waals surface area contributed by atoms with Crippen LogP contribution in [-0.4, -0.2) is 47.1 Å². The molecule has 5 heteroatoms. The first kappa shape index (κ1) is 16.0. The van der Waals surface area contributed by atoms with Crippen LogP contribution in [0.2, 0.25) is 0 Å². The van der Waals surface area contributed by atoms with Crippen LogP contribution in [0.4, 0.5) is 11.6 Å². The third kappa shape index (κ3) is 4.30. The molecule has 1 aliphatic rings. The number of anilines is 2. The van der Waals surface area contributed by atoms with E-state index in [2.05, 4.69) is 53.3 Å². The summed E-state index contributed by atoms with van der Waals surface area (Å²) in [5.74, 6) is 1.95. The topological polar surface area (TPSA) is 53.1 Å². The molecule has 1 aromatic rings. The predicted octanol–water partition coefficient (Wildman–Crippen LogP) is 2.76. The number of rotatable bonds is 9. The molecule has 1 atom stereocenters. The fourth-order valence-corrected chi connectivity index (χ4v) is 2.53. The van der Waals surface area contributed by atoms with Gasteiger partial charge in [0.05, 0.1) is 0 Å². The Balaban J connectivity index is 1.97. The van der Waals surface area contributed by atoms with Gasteiger partial charge in [0.2, 0.25) is 0 Å². The van der Waals surface area contributed by atoms with Gasteiger partial charge < -0.3 is 10.6 Å². The molecule has 5 nitrogen and oxygen atoms in total. The van der Waals surface area contributed by atoms with Gasteiger partial charge in [0, 0.05) is 30.7 Å². The third-order valence-electron chi connectivity index (χ3n) is 4.22. The summed E-state index contributed by atoms with van der Waals surface area (Å²) in [5.41, 5.74) is 1.19. The maximum atomic E-state index is 4.43. The number of likely N-dealkylation sites (N-methyl/N-ethyl adjacent to an activating group) is 1. The second kappa shape index (κ2) is 7.59. The van der Waals surface area contributed by atoms with Crippen molar-refractivity contribution in [1.29, 1.82) is 0 Å². The first-order chi connectivity index (χ1) is 10.2. The smallest absolute Gasteiger partial charge is 0.134 e. The Morgan fingerprint density at radius 3 is 2.48 bits per heavy atom. The van der Waals surface area contributed by atoms with E-state index in [0.717, 1.165) is 43.6 Å². The molecule has 21 heavy (non-hydrogen) atoms. The van der Waals surface area contributed by atoms with Gasteiger partial charge in [0.15, 0.2) is 0 Å². The molecule has 1 heterocycles. The summed E-state index contributed by atoms with van der Waals surface area (Å²) in [6.07, 6.45) is 6.37. The maximum Gasteiger partial charge on any atom is 0.134 e. The first-order valence-corrected chi connectivity index (χ1v) is 8.20. The SMILES string of the molecule is CCCNc1ncnc(NCC(C)N(C)C2CC2)c1CC. The second-order valence-corrected chi connectivity index (χ2v) is 5.96. The van der Waals surface area contributed by atoms with E-state index >= 15 is 0 Å². The Hall–Kier alpha value is -1.36. The fraction of sp³-hybridized carbons (Fsp3) is 0.750. The summed E-state index contributed by atoms with van der Waals surface area (Å²) < 4.78 is 0. The summed E-state index contributed by atoms with van der Waals surface area (Å²) in [6.45, 7) is 8.46. The molecule has 0 radical (unpaired) electrons. The lowest BCUT2D eigenvalue weighted by molar-refractivity contribution is 0.257. The largest absolute Gasteiger partial charge is 0.370 e. The summed E-state index contributed by atoms with van der Waals surface area (Å²) >= 11 is 0. The zero-order chi connectivity index (χ0) is 15.2. The summed E-state index contributed by atoms with van der Waals surface area (Å²) in [7, 11) is 2.22. The lowest BCUT2D eigenvalue weighted by Crippen LogP contribution is -2.36. The van der Waals surface area contributed by atoms with Gasteiger partial charge in [-0.2, -0.15) is 0 Å². The van der Waals surface area contributed by atoms with Gasteiger partial charge in [-0.25, -0.2) is 9.97 Å². The molecule has 1 aliphatic carbocycles. The molecule has 0 aliphatic heterocycles. The standard InChI is InChI=1S/C16H29N5/c1-5-9-17-15-14(6-2)16(20-11-19-15)18-10-12(3)21(4)13-7-8-13/h11-13H,5-10H2,1-4H3,(H2,17,18,19,20). The van der Waals surface area contributed by atoms with Crippen molar-refractivity contribution in [2.45, 2.75) is 58.5 Å². The van der Waals surface area contributed by atoms with Gasteiger partial charge in [0.1, 0.15) is 18.0 Å². The molecule has 2 rings (SSSR count). The van der Waals surface area contributed by atoms with E-state index in [0.29, 0.717) is 6.04 Å². The Kier molecular flexibility index (Phi) is 5.79. The second-order valence-electron chi connectivity index (χ2n) is 5.96. The van der Waals surface area contributed by atoms with Crippen LogP contribution >= 0.6 is 0 Å². The molecule has 0 spiro atoms. The first-order valence-electron chi connectivity index (χ1n) is 8.20. The molecule has 0 bridgehead atoms. The molecule has 2 N–H and O–H groups in total. The van der Waals surface area contributed by atoms with Crippen molar-refractivity contribution in [3.8, 4) is 0 Å². The zero-order valence-electron chi connectivity index (χ0n) is 13.8. The van der Waals surface area contributed by atoms with E-state index in [1.165, 1.54) is 18.4 Å². The molecule has 1 saturated carbocycles. The lowest BCUT2D eigenvalue weighted by atomic mass is 10.2. The van der Waals surface area contributed by atoms with Crippen molar-refractivity contribution in [2.24, 2.45) is 0 Å². The molecule has 1 fully saturated rings. The summed E-state index contributed by atoms with van der Waals surface area (Å²) in [5, 5.41) is 6.90. The molecule has 1 unspecified atom stereocenters. The van der Waals surface area contributed by atoms with Crippen molar-refractivity contribution in [3.05, 3.63) is 11.9 Å². The van der Waals surface area contributed by atoms with E-state index in [1.807, 2.05) is 0 Å². The van der Waals surface area contributed by atoms with E-state index in [-0.39, 0.29) is 0 Å². The van der Waals surface area contributed by atoms with Crippen LogP contribution in [0.1, 0.15) is 45.6 Å². The maximum absolute atomic E-state index is 4.43. The number of nitrogens with zero attached hydrogens (tertiary/aromatic N) is 3.